The zero-order chi connectivity index (χ0) is 18.7. The van der Waals surface area contributed by atoms with Gasteiger partial charge in [0.15, 0.2) is 5.65 Å². The number of aromatic nitrogens is 2. The molecule has 1 amide bonds. The quantitative estimate of drug-likeness (QED) is 0.762. The monoisotopic (exact) mass is 351 g/mol. The van der Waals surface area contributed by atoms with E-state index in [-0.39, 0.29) is 12.3 Å². The number of aryl methyl sites for hydroxylation is 2. The molecule has 6 heteroatoms. The molecule has 1 N–H and O–H groups in total. The van der Waals surface area contributed by atoms with Gasteiger partial charge in [0.25, 0.3) is 0 Å². The number of hydrogen-bond donors (Lipinski definition) is 1. The van der Waals surface area contributed by atoms with Gasteiger partial charge >= 0.3 is 0 Å². The molecular weight excluding hydrogens is 330 g/mol. The minimum Gasteiger partial charge on any atom is -0.497 e. The molecule has 0 saturated heterocycles. The Balaban J connectivity index is 1.81. The summed E-state index contributed by atoms with van der Waals surface area (Å²) in [7, 11) is 3.16. The Morgan fingerprint density at radius 2 is 1.85 bits per heavy atom. The van der Waals surface area contributed by atoms with Crippen molar-refractivity contribution in [3.63, 3.8) is 0 Å². The van der Waals surface area contributed by atoms with Crippen molar-refractivity contribution in [2.45, 2.75) is 20.3 Å². The smallest absolute Gasteiger partial charge is 0.230 e. The molecule has 0 fully saturated rings. The minimum atomic E-state index is -0.187. The number of nitrogens with zero attached hydrogens (tertiary/aromatic N) is 2. The van der Waals surface area contributed by atoms with Crippen LogP contribution >= 0.6 is 0 Å². The van der Waals surface area contributed by atoms with Crippen molar-refractivity contribution in [2.75, 3.05) is 19.5 Å². The van der Waals surface area contributed by atoms with Crippen molar-refractivity contribution in [3.05, 3.63) is 53.2 Å². The summed E-state index contributed by atoms with van der Waals surface area (Å²) < 4.78 is 10.5. The highest BCUT2D eigenvalue weighted by atomic mass is 16.5. The fourth-order valence-electron chi connectivity index (χ4n) is 2.88. The zero-order valence-electron chi connectivity index (χ0n) is 15.3. The topological polar surface area (TPSA) is 73.3 Å². The molecular formula is C20H21N3O3. The van der Waals surface area contributed by atoms with Crippen LogP contribution in [0.1, 0.15) is 16.8 Å². The summed E-state index contributed by atoms with van der Waals surface area (Å²) in [6, 6.07) is 11.1. The van der Waals surface area contributed by atoms with E-state index in [1.165, 1.54) is 0 Å². The van der Waals surface area contributed by atoms with Crippen molar-refractivity contribution in [2.24, 2.45) is 0 Å². The molecule has 2 heterocycles. The number of carbonyl (C=O) groups is 1. The molecule has 1 aromatic carbocycles. The van der Waals surface area contributed by atoms with E-state index in [2.05, 4.69) is 15.3 Å². The third-order valence-corrected chi connectivity index (χ3v) is 4.11. The summed E-state index contributed by atoms with van der Waals surface area (Å²) in [5, 5.41) is 3.80. The number of benzene rings is 1. The number of rotatable bonds is 5. The van der Waals surface area contributed by atoms with Gasteiger partial charge in [-0.2, -0.15) is 0 Å². The Bertz CT molecular complexity index is 970. The standard InChI is InChI=1S/C20H21N3O3/c1-12-9-13(2)21-20-16(12)6-8-18(23-20)22-19(24)11-14-10-15(25-3)5-7-17(14)26-4/h5-10H,11H2,1-4H3,(H,21,22,23,24). The summed E-state index contributed by atoms with van der Waals surface area (Å²) >= 11 is 0. The third-order valence-electron chi connectivity index (χ3n) is 4.11. The van der Waals surface area contributed by atoms with Crippen LogP contribution in [0.5, 0.6) is 11.5 Å². The van der Waals surface area contributed by atoms with Gasteiger partial charge in [0, 0.05) is 16.6 Å². The molecule has 3 rings (SSSR count). The van der Waals surface area contributed by atoms with E-state index in [0.717, 1.165) is 22.2 Å². The molecule has 0 aliphatic rings. The van der Waals surface area contributed by atoms with Crippen molar-refractivity contribution in [3.8, 4) is 11.5 Å². The van der Waals surface area contributed by atoms with Crippen LogP contribution in [0, 0.1) is 13.8 Å². The largest absolute Gasteiger partial charge is 0.497 e. The van der Waals surface area contributed by atoms with E-state index >= 15 is 0 Å². The lowest BCUT2D eigenvalue weighted by Crippen LogP contribution is -2.16. The van der Waals surface area contributed by atoms with Gasteiger partial charge in [-0.15, -0.1) is 0 Å². The van der Waals surface area contributed by atoms with Crippen LogP contribution in [0.4, 0.5) is 5.82 Å². The van der Waals surface area contributed by atoms with E-state index in [1.54, 1.807) is 38.5 Å². The van der Waals surface area contributed by atoms with E-state index in [1.807, 2.05) is 26.0 Å². The maximum absolute atomic E-state index is 12.5. The van der Waals surface area contributed by atoms with Crippen LogP contribution in [0.15, 0.2) is 36.4 Å². The molecule has 0 spiro atoms. The van der Waals surface area contributed by atoms with Crippen molar-refractivity contribution < 1.29 is 14.3 Å². The van der Waals surface area contributed by atoms with Gasteiger partial charge in [-0.1, -0.05) is 0 Å². The Hall–Kier alpha value is -3.15. The van der Waals surface area contributed by atoms with Crippen molar-refractivity contribution >= 4 is 22.8 Å². The molecule has 0 unspecified atom stereocenters. The molecule has 0 aliphatic heterocycles. The highest BCUT2D eigenvalue weighted by Gasteiger charge is 2.12. The summed E-state index contributed by atoms with van der Waals surface area (Å²) in [6.45, 7) is 3.94. The van der Waals surface area contributed by atoms with Crippen molar-refractivity contribution in [1.82, 2.24) is 9.97 Å². The number of ether oxygens (including phenoxy) is 2. The van der Waals surface area contributed by atoms with Crippen molar-refractivity contribution in [1.29, 1.82) is 0 Å². The molecule has 2 aromatic heterocycles. The number of carbonyl (C=O) groups excluding carboxylic acids is 1. The first-order chi connectivity index (χ1) is 12.5. The lowest BCUT2D eigenvalue weighted by Gasteiger charge is -2.11. The summed E-state index contributed by atoms with van der Waals surface area (Å²) in [6.07, 6.45) is 0.153. The molecule has 0 aliphatic carbocycles. The summed E-state index contributed by atoms with van der Waals surface area (Å²) in [4.78, 5) is 21.3. The Morgan fingerprint density at radius 1 is 1.04 bits per heavy atom. The van der Waals surface area contributed by atoms with Crippen LogP contribution < -0.4 is 14.8 Å². The van der Waals surface area contributed by atoms with Gasteiger partial charge in [0.2, 0.25) is 5.91 Å². The maximum atomic E-state index is 12.5. The van der Waals surface area contributed by atoms with E-state index in [9.17, 15) is 4.79 Å². The normalized spacial score (nSPS) is 10.6. The Kier molecular flexibility index (Phi) is 5.02. The van der Waals surface area contributed by atoms with Crippen LogP contribution in [-0.4, -0.2) is 30.1 Å². The number of hydrogen-bond acceptors (Lipinski definition) is 5. The maximum Gasteiger partial charge on any atom is 0.230 e. The molecule has 0 bridgehead atoms. The lowest BCUT2D eigenvalue weighted by molar-refractivity contribution is -0.115. The van der Waals surface area contributed by atoms with Gasteiger partial charge in [-0.05, 0) is 55.8 Å². The predicted octanol–water partition coefficient (Wildman–Crippen LogP) is 3.45. The van der Waals surface area contributed by atoms with Gasteiger partial charge in [0.1, 0.15) is 17.3 Å². The Labute approximate surface area is 152 Å². The van der Waals surface area contributed by atoms with Gasteiger partial charge < -0.3 is 14.8 Å². The molecule has 26 heavy (non-hydrogen) atoms. The highest BCUT2D eigenvalue weighted by Crippen LogP contribution is 2.25. The number of nitrogens with one attached hydrogen (secondary N) is 1. The average Bonchev–Trinajstić information content (AvgIpc) is 2.61. The predicted molar refractivity (Wildman–Crippen MR) is 101 cm³/mol. The SMILES string of the molecule is COc1ccc(OC)c(CC(=O)Nc2ccc3c(C)cc(C)nc3n2)c1. The highest BCUT2D eigenvalue weighted by molar-refractivity contribution is 5.93. The number of amides is 1. The van der Waals surface area contributed by atoms with Crippen LogP contribution in [0.25, 0.3) is 11.0 Å². The molecule has 0 saturated carbocycles. The third kappa shape index (κ3) is 3.74. The van der Waals surface area contributed by atoms with Gasteiger partial charge in [0.05, 0.1) is 20.6 Å². The minimum absolute atomic E-state index is 0.153. The molecule has 3 aromatic rings. The molecule has 0 atom stereocenters. The fraction of sp³-hybridized carbons (Fsp3) is 0.250. The second kappa shape index (κ2) is 7.39. The fourth-order valence-corrected chi connectivity index (χ4v) is 2.88. The molecule has 134 valence electrons. The number of methoxy groups -OCH3 is 2. The second-order valence-electron chi connectivity index (χ2n) is 6.05. The van der Waals surface area contributed by atoms with E-state index in [4.69, 9.17) is 9.47 Å². The zero-order valence-corrected chi connectivity index (χ0v) is 15.3. The first-order valence-corrected chi connectivity index (χ1v) is 8.26. The Morgan fingerprint density at radius 3 is 2.58 bits per heavy atom. The second-order valence-corrected chi connectivity index (χ2v) is 6.05. The van der Waals surface area contributed by atoms with E-state index < -0.39 is 0 Å². The van der Waals surface area contributed by atoms with Gasteiger partial charge in [-0.3, -0.25) is 4.79 Å². The first-order valence-electron chi connectivity index (χ1n) is 8.26. The summed E-state index contributed by atoms with van der Waals surface area (Å²) in [5.74, 6) is 1.60. The van der Waals surface area contributed by atoms with Crippen LogP contribution in [0.2, 0.25) is 0 Å². The van der Waals surface area contributed by atoms with Crippen LogP contribution in [0.3, 0.4) is 0 Å². The number of anilines is 1. The number of fused-ring (bicyclic) bond motifs is 1. The first kappa shape index (κ1) is 17.7. The number of pyridine rings is 2. The van der Waals surface area contributed by atoms with Crippen LogP contribution in [-0.2, 0) is 11.2 Å². The lowest BCUT2D eigenvalue weighted by atomic mass is 10.1. The molecule has 6 nitrogen and oxygen atoms in total. The van der Waals surface area contributed by atoms with E-state index in [0.29, 0.717) is 23.0 Å². The average molecular weight is 351 g/mol. The molecule has 0 radical (unpaired) electrons. The van der Waals surface area contributed by atoms with Gasteiger partial charge in [-0.25, -0.2) is 9.97 Å². The summed E-state index contributed by atoms with van der Waals surface area (Å²) in [5.41, 5.74) is 3.38.